The van der Waals surface area contributed by atoms with Crippen molar-refractivity contribution < 1.29 is 9.90 Å². The summed E-state index contributed by atoms with van der Waals surface area (Å²) < 4.78 is 1.67. The maximum atomic E-state index is 13.1. The number of likely N-dealkylation sites (tertiary alicyclic amines) is 1. The van der Waals surface area contributed by atoms with Crippen molar-refractivity contribution in [1.82, 2.24) is 14.5 Å². The first-order chi connectivity index (χ1) is 15.5. The number of rotatable bonds is 7. The van der Waals surface area contributed by atoms with E-state index in [1.165, 1.54) is 51.4 Å². The van der Waals surface area contributed by atoms with Gasteiger partial charge >= 0.3 is 5.97 Å². The monoisotopic (exact) mass is 439 g/mol. The van der Waals surface area contributed by atoms with E-state index in [2.05, 4.69) is 23.7 Å². The first kappa shape index (κ1) is 23.0. The normalized spacial score (nSPS) is 23.9. The molecule has 1 aliphatic carbocycles. The lowest BCUT2D eigenvalue weighted by atomic mass is 9.85. The summed E-state index contributed by atoms with van der Waals surface area (Å²) in [6.45, 7) is 5.53. The number of fused-ring (bicyclic) bond motifs is 1. The highest BCUT2D eigenvalue weighted by molar-refractivity contribution is 5.88. The molecule has 4 rings (SSSR count). The standard InChI is InChI=1S/C26H37N3O3/c1-18-9-8-12-21(28(18)16-15-20-10-4-3-5-11-20)17-19(2)29-23-14-7-6-13-22(23)27-24(25(29)30)26(31)32/h6-7,13-14,18-21H,3-5,8-12,15-17H2,1-2H3,(H,31,32)/t18-,19-,21-/m0/s1. The minimum Gasteiger partial charge on any atom is -0.476 e. The van der Waals surface area contributed by atoms with Gasteiger partial charge in [0.05, 0.1) is 11.0 Å². The number of para-hydroxylation sites is 2. The molecule has 0 spiro atoms. The first-order valence-electron chi connectivity index (χ1n) is 12.5. The fraction of sp³-hybridized carbons (Fsp3) is 0.654. The van der Waals surface area contributed by atoms with Gasteiger partial charge in [0.25, 0.3) is 5.56 Å². The second kappa shape index (κ2) is 10.2. The van der Waals surface area contributed by atoms with Crippen LogP contribution in [0.5, 0.6) is 0 Å². The Kier molecular flexibility index (Phi) is 7.29. The van der Waals surface area contributed by atoms with Crippen LogP contribution in [-0.2, 0) is 0 Å². The van der Waals surface area contributed by atoms with Gasteiger partial charge in [0.2, 0.25) is 5.69 Å². The zero-order chi connectivity index (χ0) is 22.7. The molecule has 1 saturated carbocycles. The van der Waals surface area contributed by atoms with Crippen LogP contribution >= 0.6 is 0 Å². The number of nitrogens with zero attached hydrogens (tertiary/aromatic N) is 3. The fourth-order valence-electron chi connectivity index (χ4n) is 6.03. The van der Waals surface area contributed by atoms with Gasteiger partial charge in [0, 0.05) is 18.1 Å². The van der Waals surface area contributed by atoms with Gasteiger partial charge < -0.3 is 9.67 Å². The van der Waals surface area contributed by atoms with Crippen LogP contribution in [0, 0.1) is 5.92 Å². The lowest BCUT2D eigenvalue weighted by Crippen LogP contribution is -2.47. The van der Waals surface area contributed by atoms with E-state index in [9.17, 15) is 14.7 Å². The van der Waals surface area contributed by atoms with Crippen molar-refractivity contribution in [2.75, 3.05) is 6.54 Å². The summed E-state index contributed by atoms with van der Waals surface area (Å²) in [7, 11) is 0. The molecule has 32 heavy (non-hydrogen) atoms. The zero-order valence-corrected chi connectivity index (χ0v) is 19.5. The lowest BCUT2D eigenvalue weighted by Gasteiger charge is -2.43. The highest BCUT2D eigenvalue weighted by atomic mass is 16.4. The number of aromatic carboxylic acids is 1. The number of aromatic nitrogens is 2. The molecule has 1 aromatic heterocycles. The molecule has 3 atom stereocenters. The van der Waals surface area contributed by atoms with E-state index < -0.39 is 11.5 Å². The van der Waals surface area contributed by atoms with Crippen molar-refractivity contribution >= 4 is 17.0 Å². The van der Waals surface area contributed by atoms with Gasteiger partial charge in [-0.1, -0.05) is 50.7 Å². The largest absolute Gasteiger partial charge is 0.476 e. The molecule has 6 heteroatoms. The molecule has 1 aromatic carbocycles. The van der Waals surface area contributed by atoms with Crippen molar-refractivity contribution in [3.8, 4) is 0 Å². The van der Waals surface area contributed by atoms with Gasteiger partial charge in [-0.3, -0.25) is 9.69 Å². The minimum atomic E-state index is -1.26. The van der Waals surface area contributed by atoms with E-state index in [1.54, 1.807) is 10.6 Å². The zero-order valence-electron chi connectivity index (χ0n) is 19.5. The van der Waals surface area contributed by atoms with Crippen molar-refractivity contribution in [3.05, 3.63) is 40.3 Å². The molecule has 2 aliphatic rings. The molecular formula is C26H37N3O3. The lowest BCUT2D eigenvalue weighted by molar-refractivity contribution is 0.0681. The molecule has 0 amide bonds. The van der Waals surface area contributed by atoms with Crippen LogP contribution in [0.2, 0.25) is 0 Å². The van der Waals surface area contributed by atoms with E-state index in [4.69, 9.17) is 0 Å². The van der Waals surface area contributed by atoms with Crippen LogP contribution in [-0.4, -0.2) is 44.2 Å². The Labute approximate surface area is 190 Å². The predicted octanol–water partition coefficient (Wildman–Crippen LogP) is 5.26. The summed E-state index contributed by atoms with van der Waals surface area (Å²) in [6, 6.07) is 8.25. The second-order valence-corrected chi connectivity index (χ2v) is 9.98. The number of hydrogen-bond acceptors (Lipinski definition) is 4. The molecule has 0 bridgehead atoms. The van der Waals surface area contributed by atoms with Crippen molar-refractivity contribution in [1.29, 1.82) is 0 Å². The third-order valence-corrected chi connectivity index (χ3v) is 7.77. The number of carboxylic acids is 1. The Morgan fingerprint density at radius 3 is 2.62 bits per heavy atom. The molecule has 6 nitrogen and oxygen atoms in total. The number of carboxylic acid groups (broad SMARTS) is 1. The maximum Gasteiger partial charge on any atom is 0.360 e. The van der Waals surface area contributed by atoms with Crippen molar-refractivity contribution in [2.45, 2.75) is 96.2 Å². The van der Waals surface area contributed by atoms with Gasteiger partial charge in [-0.2, -0.15) is 0 Å². The smallest absolute Gasteiger partial charge is 0.360 e. The van der Waals surface area contributed by atoms with Crippen LogP contribution in [0.25, 0.3) is 11.0 Å². The topological polar surface area (TPSA) is 75.4 Å². The predicted molar refractivity (Wildman–Crippen MR) is 127 cm³/mol. The third kappa shape index (κ3) is 4.90. The Hall–Kier alpha value is -2.21. The second-order valence-electron chi connectivity index (χ2n) is 9.98. The molecule has 2 fully saturated rings. The summed E-state index contributed by atoms with van der Waals surface area (Å²) in [4.78, 5) is 31.6. The third-order valence-electron chi connectivity index (χ3n) is 7.77. The molecule has 2 aromatic rings. The van der Waals surface area contributed by atoms with Gasteiger partial charge in [0.15, 0.2) is 0 Å². The van der Waals surface area contributed by atoms with Crippen LogP contribution < -0.4 is 5.56 Å². The summed E-state index contributed by atoms with van der Waals surface area (Å²) in [5.41, 5.74) is 0.387. The van der Waals surface area contributed by atoms with Gasteiger partial charge in [-0.15, -0.1) is 0 Å². The number of piperidine rings is 1. The van der Waals surface area contributed by atoms with Gasteiger partial charge in [-0.05, 0) is 64.1 Å². The molecule has 174 valence electrons. The summed E-state index contributed by atoms with van der Waals surface area (Å²) in [5, 5.41) is 9.54. The highest BCUT2D eigenvalue weighted by Gasteiger charge is 2.31. The number of benzene rings is 1. The van der Waals surface area contributed by atoms with E-state index in [-0.39, 0.29) is 11.7 Å². The van der Waals surface area contributed by atoms with E-state index >= 15 is 0 Å². The quantitative estimate of drug-likeness (QED) is 0.637. The molecule has 1 N–H and O–H groups in total. The summed E-state index contributed by atoms with van der Waals surface area (Å²) in [6.07, 6.45) is 12.6. The molecule has 1 saturated heterocycles. The van der Waals surface area contributed by atoms with Gasteiger partial charge in [-0.25, -0.2) is 9.78 Å². The molecular weight excluding hydrogens is 402 g/mol. The Morgan fingerprint density at radius 2 is 1.88 bits per heavy atom. The Morgan fingerprint density at radius 1 is 1.12 bits per heavy atom. The highest BCUT2D eigenvalue weighted by Crippen LogP contribution is 2.32. The van der Waals surface area contributed by atoms with Gasteiger partial charge in [0.1, 0.15) is 0 Å². The number of carbonyl (C=O) groups is 1. The first-order valence-corrected chi connectivity index (χ1v) is 12.5. The number of hydrogen-bond donors (Lipinski definition) is 1. The molecule has 0 radical (unpaired) electrons. The average Bonchev–Trinajstić information content (AvgIpc) is 2.78. The minimum absolute atomic E-state index is 0.0963. The fourth-order valence-corrected chi connectivity index (χ4v) is 6.03. The van der Waals surface area contributed by atoms with Crippen LogP contribution in [0.3, 0.4) is 0 Å². The van der Waals surface area contributed by atoms with Crippen LogP contribution in [0.15, 0.2) is 29.1 Å². The van der Waals surface area contributed by atoms with Crippen LogP contribution in [0.1, 0.15) is 94.6 Å². The Balaban J connectivity index is 1.57. The average molecular weight is 440 g/mol. The molecule has 0 unspecified atom stereocenters. The Bertz CT molecular complexity index is 995. The van der Waals surface area contributed by atoms with E-state index in [0.717, 1.165) is 25.3 Å². The maximum absolute atomic E-state index is 13.1. The SMILES string of the molecule is C[C@H]1CCC[C@@H](C[C@H](C)n2c(=O)c(C(=O)O)nc3ccccc32)N1CCC1CCCCC1. The van der Waals surface area contributed by atoms with E-state index in [1.807, 2.05) is 18.2 Å². The van der Waals surface area contributed by atoms with Crippen LogP contribution in [0.4, 0.5) is 0 Å². The summed E-state index contributed by atoms with van der Waals surface area (Å²) >= 11 is 0. The van der Waals surface area contributed by atoms with Crippen molar-refractivity contribution in [2.24, 2.45) is 5.92 Å². The molecule has 1 aliphatic heterocycles. The van der Waals surface area contributed by atoms with Crippen molar-refractivity contribution in [3.63, 3.8) is 0 Å². The molecule has 2 heterocycles. The summed E-state index contributed by atoms with van der Waals surface area (Å²) in [5.74, 6) is -0.400. The van der Waals surface area contributed by atoms with E-state index in [0.29, 0.717) is 23.1 Å².